The van der Waals surface area contributed by atoms with E-state index in [1.165, 1.54) is 11.8 Å². The van der Waals surface area contributed by atoms with E-state index in [4.69, 9.17) is 0 Å². The monoisotopic (exact) mass is 373 g/mol. The number of aromatic nitrogens is 1. The fraction of sp³-hybridized carbons (Fsp3) is 0.182. The van der Waals surface area contributed by atoms with Gasteiger partial charge in [0.1, 0.15) is 5.75 Å². The molecular formula is C22H19N3O3. The van der Waals surface area contributed by atoms with Gasteiger partial charge < -0.3 is 15.0 Å². The van der Waals surface area contributed by atoms with Crippen molar-refractivity contribution in [2.75, 3.05) is 11.9 Å². The number of anilines is 1. The van der Waals surface area contributed by atoms with Gasteiger partial charge in [0, 0.05) is 42.9 Å². The summed E-state index contributed by atoms with van der Waals surface area (Å²) in [7, 11) is 1.98. The second-order valence-corrected chi connectivity index (χ2v) is 7.35. The highest BCUT2D eigenvalue weighted by atomic mass is 16.3. The predicted molar refractivity (Wildman–Crippen MR) is 106 cm³/mol. The van der Waals surface area contributed by atoms with Crippen molar-refractivity contribution >= 4 is 28.4 Å². The van der Waals surface area contributed by atoms with E-state index >= 15 is 0 Å². The molecule has 0 saturated carbocycles. The third kappa shape index (κ3) is 2.21. The molecule has 5 rings (SSSR count). The highest BCUT2D eigenvalue weighted by Crippen LogP contribution is 2.46. The van der Waals surface area contributed by atoms with E-state index in [1.54, 1.807) is 12.1 Å². The van der Waals surface area contributed by atoms with Gasteiger partial charge in [0.25, 0.3) is 5.91 Å². The SMILES string of the molecule is CC(=O)N1CC2=C(C1=O)[C@@H](c1ccc(O)cc1)c1cn(C)c3cccc(c13)N2. The van der Waals surface area contributed by atoms with Crippen LogP contribution in [0, 0.1) is 0 Å². The number of aromatic hydroxyl groups is 1. The average Bonchev–Trinajstić information content (AvgIpc) is 3.12. The van der Waals surface area contributed by atoms with Crippen LogP contribution >= 0.6 is 0 Å². The number of carbonyl (C=O) groups excluding carboxylic acids is 2. The molecule has 1 atom stereocenters. The summed E-state index contributed by atoms with van der Waals surface area (Å²) in [6.07, 6.45) is 2.05. The van der Waals surface area contributed by atoms with E-state index in [-0.39, 0.29) is 30.0 Å². The Kier molecular flexibility index (Phi) is 3.40. The minimum atomic E-state index is -0.327. The average molecular weight is 373 g/mol. The molecule has 0 unspecified atom stereocenters. The van der Waals surface area contributed by atoms with Gasteiger partial charge >= 0.3 is 0 Å². The first-order chi connectivity index (χ1) is 13.5. The van der Waals surface area contributed by atoms with Gasteiger partial charge in [0.2, 0.25) is 5.91 Å². The van der Waals surface area contributed by atoms with Gasteiger partial charge in [-0.25, -0.2) is 0 Å². The normalized spacial score (nSPS) is 18.3. The van der Waals surface area contributed by atoms with Crippen molar-refractivity contribution in [2.45, 2.75) is 12.8 Å². The molecule has 28 heavy (non-hydrogen) atoms. The lowest BCUT2D eigenvalue weighted by Gasteiger charge is -2.19. The van der Waals surface area contributed by atoms with Crippen LogP contribution in [0.1, 0.15) is 24.0 Å². The molecule has 2 N–H and O–H groups in total. The standard InChI is InChI=1S/C22H19N3O3/c1-12(26)25-11-17-21(22(25)28)19(13-6-8-14(27)9-7-13)15-10-24(2)18-5-3-4-16(23-17)20(15)18/h3-10,19,23,27H,11H2,1-2H3/t19-/m0/s1. The van der Waals surface area contributed by atoms with Gasteiger partial charge in [0.15, 0.2) is 0 Å². The molecule has 6 nitrogen and oxygen atoms in total. The lowest BCUT2D eigenvalue weighted by molar-refractivity contribution is -0.139. The fourth-order valence-electron chi connectivity index (χ4n) is 4.38. The van der Waals surface area contributed by atoms with Crippen molar-refractivity contribution in [1.29, 1.82) is 0 Å². The van der Waals surface area contributed by atoms with E-state index in [1.807, 2.05) is 37.5 Å². The maximum Gasteiger partial charge on any atom is 0.259 e. The first-order valence-corrected chi connectivity index (χ1v) is 9.15. The quantitative estimate of drug-likeness (QED) is 0.687. The number of phenols is 1. The number of aryl methyl sites for hydroxylation is 1. The predicted octanol–water partition coefficient (Wildman–Crippen LogP) is 3.08. The van der Waals surface area contributed by atoms with E-state index in [2.05, 4.69) is 16.0 Å². The summed E-state index contributed by atoms with van der Waals surface area (Å²) in [5, 5.41) is 14.2. The fourth-order valence-corrected chi connectivity index (χ4v) is 4.38. The molecule has 0 spiro atoms. The molecule has 0 aliphatic carbocycles. The molecule has 6 heteroatoms. The Bertz CT molecular complexity index is 1190. The van der Waals surface area contributed by atoms with Crippen LogP contribution in [-0.4, -0.2) is 32.9 Å². The van der Waals surface area contributed by atoms with E-state index in [0.717, 1.165) is 33.4 Å². The molecule has 2 aromatic carbocycles. The van der Waals surface area contributed by atoms with Crippen LogP contribution in [0.3, 0.4) is 0 Å². The number of amides is 2. The second kappa shape index (κ2) is 5.73. The van der Waals surface area contributed by atoms with Crippen molar-refractivity contribution in [3.05, 3.63) is 71.1 Å². The lowest BCUT2D eigenvalue weighted by Crippen LogP contribution is -2.33. The molecule has 0 fully saturated rings. The van der Waals surface area contributed by atoms with Crippen molar-refractivity contribution in [3.63, 3.8) is 0 Å². The van der Waals surface area contributed by atoms with Gasteiger partial charge in [-0.1, -0.05) is 18.2 Å². The largest absolute Gasteiger partial charge is 0.508 e. The van der Waals surface area contributed by atoms with E-state index in [0.29, 0.717) is 5.57 Å². The van der Waals surface area contributed by atoms with Crippen LogP contribution < -0.4 is 5.32 Å². The smallest absolute Gasteiger partial charge is 0.259 e. The van der Waals surface area contributed by atoms with Crippen LogP contribution in [0.25, 0.3) is 10.9 Å². The summed E-state index contributed by atoms with van der Waals surface area (Å²) >= 11 is 0. The molecule has 3 aromatic rings. The Morgan fingerprint density at radius 2 is 1.93 bits per heavy atom. The number of hydrogen-bond acceptors (Lipinski definition) is 4. The molecule has 0 radical (unpaired) electrons. The number of imide groups is 1. The first-order valence-electron chi connectivity index (χ1n) is 9.15. The van der Waals surface area contributed by atoms with Crippen molar-refractivity contribution in [2.24, 2.45) is 7.05 Å². The van der Waals surface area contributed by atoms with Crippen LogP contribution in [-0.2, 0) is 16.6 Å². The summed E-state index contributed by atoms with van der Waals surface area (Å²) in [6, 6.07) is 13.0. The minimum Gasteiger partial charge on any atom is -0.508 e. The zero-order chi connectivity index (χ0) is 19.6. The van der Waals surface area contributed by atoms with Gasteiger partial charge in [-0.15, -0.1) is 0 Å². The second-order valence-electron chi connectivity index (χ2n) is 7.35. The minimum absolute atomic E-state index is 0.173. The number of benzene rings is 2. The zero-order valence-electron chi connectivity index (χ0n) is 15.6. The summed E-state index contributed by atoms with van der Waals surface area (Å²) in [6.45, 7) is 1.65. The van der Waals surface area contributed by atoms with Crippen molar-refractivity contribution < 1.29 is 14.7 Å². The van der Waals surface area contributed by atoms with Crippen molar-refractivity contribution in [1.82, 2.24) is 9.47 Å². The number of nitrogens with one attached hydrogen (secondary N) is 1. The van der Waals surface area contributed by atoms with Gasteiger partial charge in [-0.3, -0.25) is 14.5 Å². The molecule has 1 aromatic heterocycles. The number of phenolic OH excluding ortho intramolecular Hbond substituents is 1. The summed E-state index contributed by atoms with van der Waals surface area (Å²) in [4.78, 5) is 26.5. The molecule has 0 saturated heterocycles. The number of carbonyl (C=O) groups is 2. The van der Waals surface area contributed by atoms with Crippen LogP contribution in [0.5, 0.6) is 5.75 Å². The number of rotatable bonds is 1. The molecule has 2 aliphatic heterocycles. The molecular weight excluding hydrogens is 354 g/mol. The summed E-state index contributed by atoms with van der Waals surface area (Å²) < 4.78 is 2.05. The Morgan fingerprint density at radius 3 is 2.64 bits per heavy atom. The highest BCUT2D eigenvalue weighted by molar-refractivity contribution is 6.11. The Balaban J connectivity index is 1.81. The maximum absolute atomic E-state index is 13.2. The van der Waals surface area contributed by atoms with Crippen LogP contribution in [0.15, 0.2) is 59.9 Å². The van der Waals surface area contributed by atoms with E-state index in [9.17, 15) is 14.7 Å². The molecule has 2 aliphatic rings. The lowest BCUT2D eigenvalue weighted by atomic mass is 9.84. The topological polar surface area (TPSA) is 74.6 Å². The zero-order valence-corrected chi connectivity index (χ0v) is 15.6. The Hall–Kier alpha value is -3.54. The van der Waals surface area contributed by atoms with E-state index < -0.39 is 0 Å². The van der Waals surface area contributed by atoms with Crippen LogP contribution in [0.4, 0.5) is 5.69 Å². The first kappa shape index (κ1) is 16.6. The summed E-state index contributed by atoms with van der Waals surface area (Å²) in [5.41, 5.74) is 5.25. The third-order valence-electron chi connectivity index (χ3n) is 5.65. The molecule has 0 bridgehead atoms. The van der Waals surface area contributed by atoms with Gasteiger partial charge in [0.05, 0.1) is 17.6 Å². The molecule has 2 amide bonds. The third-order valence-corrected chi connectivity index (χ3v) is 5.65. The molecule has 3 heterocycles. The number of nitrogens with zero attached hydrogens (tertiary/aromatic N) is 2. The van der Waals surface area contributed by atoms with Crippen LogP contribution in [0.2, 0.25) is 0 Å². The van der Waals surface area contributed by atoms with Crippen molar-refractivity contribution in [3.8, 4) is 5.75 Å². The summed E-state index contributed by atoms with van der Waals surface area (Å²) in [5.74, 6) is -0.688. The molecule has 140 valence electrons. The Labute approximate surface area is 161 Å². The number of hydrogen-bond donors (Lipinski definition) is 2. The maximum atomic E-state index is 13.2. The van der Waals surface area contributed by atoms with Gasteiger partial charge in [-0.2, -0.15) is 0 Å². The Morgan fingerprint density at radius 1 is 1.18 bits per heavy atom. The van der Waals surface area contributed by atoms with Gasteiger partial charge in [-0.05, 0) is 35.4 Å². The highest BCUT2D eigenvalue weighted by Gasteiger charge is 2.41.